The molecule has 0 radical (unpaired) electrons. The van der Waals surface area contributed by atoms with E-state index in [4.69, 9.17) is 10.5 Å². The Morgan fingerprint density at radius 1 is 1.41 bits per heavy atom. The van der Waals surface area contributed by atoms with Gasteiger partial charge in [0.15, 0.2) is 0 Å². The van der Waals surface area contributed by atoms with E-state index in [0.29, 0.717) is 19.4 Å². The van der Waals surface area contributed by atoms with Crippen molar-refractivity contribution in [3.8, 4) is 0 Å². The van der Waals surface area contributed by atoms with Crippen LogP contribution in [0.1, 0.15) is 39.1 Å². The van der Waals surface area contributed by atoms with Gasteiger partial charge in [0.05, 0.1) is 21.3 Å². The Labute approximate surface area is 177 Å². The first kappa shape index (κ1) is 24.1. The normalized spacial score (nSPS) is 24.3. The number of nitrogens with two attached hydrogens (primary N) is 1. The van der Waals surface area contributed by atoms with E-state index in [-0.39, 0.29) is 48.3 Å². The van der Waals surface area contributed by atoms with E-state index in [9.17, 15) is 4.79 Å². The van der Waals surface area contributed by atoms with Crippen molar-refractivity contribution in [1.82, 2.24) is 10.3 Å². The number of rotatable bonds is 6. The van der Waals surface area contributed by atoms with Crippen molar-refractivity contribution in [2.45, 2.75) is 58.2 Å². The minimum absolute atomic E-state index is 0. The van der Waals surface area contributed by atoms with Crippen LogP contribution in [0.3, 0.4) is 0 Å². The second-order valence-corrected chi connectivity index (χ2v) is 8.61. The molecule has 1 aromatic carbocycles. The molecule has 1 aliphatic carbocycles. The Balaban J connectivity index is 0.00000182. The molecule has 152 valence electrons. The maximum absolute atomic E-state index is 12.8. The first-order valence-corrected chi connectivity index (χ1v) is 9.65. The Kier molecular flexibility index (Phi) is 8.09. The number of para-hydroxylation sites is 1. The number of aromatic nitrogens is 1. The number of hydrogen-bond donors (Lipinski definition) is 2. The van der Waals surface area contributed by atoms with Crippen LogP contribution in [0.2, 0.25) is 0 Å². The third-order valence-electron chi connectivity index (χ3n) is 5.43. The molecule has 1 saturated carbocycles. The highest BCUT2D eigenvalue weighted by molar-refractivity contribution is 7.18. The van der Waals surface area contributed by atoms with Crippen LogP contribution in [0.25, 0.3) is 10.2 Å². The third-order valence-corrected chi connectivity index (χ3v) is 6.49. The number of benzene rings is 1. The van der Waals surface area contributed by atoms with E-state index in [0.717, 1.165) is 10.5 Å². The quantitative estimate of drug-likeness (QED) is 0.727. The van der Waals surface area contributed by atoms with E-state index in [2.05, 4.69) is 16.4 Å². The second-order valence-electron chi connectivity index (χ2n) is 7.50. The minimum Gasteiger partial charge on any atom is -0.378 e. The fourth-order valence-electron chi connectivity index (χ4n) is 3.49. The van der Waals surface area contributed by atoms with Crippen LogP contribution in [0.15, 0.2) is 24.3 Å². The van der Waals surface area contributed by atoms with Gasteiger partial charge in [0, 0.05) is 30.9 Å². The summed E-state index contributed by atoms with van der Waals surface area (Å²) >= 11 is 1.67. The molecule has 1 amide bonds. The van der Waals surface area contributed by atoms with Gasteiger partial charge in [0.1, 0.15) is 5.54 Å². The Hall–Kier alpha value is -0.920. The summed E-state index contributed by atoms with van der Waals surface area (Å²) in [7, 11) is 0. The lowest BCUT2D eigenvalue weighted by Crippen LogP contribution is -2.76. The molecule has 0 bridgehead atoms. The standard InChI is InChI=1S/C19H27N3O2S.2ClH/c1-5-24-15-11-19(20,18(15,3)4)17(23)21-12(2)10-16-22-13-8-6-7-9-14(13)25-16;;/h6-9,12,15H,5,10-11,20H2,1-4H3,(H,21,23);2*1H. The molecule has 0 saturated heterocycles. The van der Waals surface area contributed by atoms with E-state index >= 15 is 0 Å². The third kappa shape index (κ3) is 4.40. The molecule has 0 aliphatic heterocycles. The molecule has 3 unspecified atom stereocenters. The van der Waals surface area contributed by atoms with Crippen molar-refractivity contribution < 1.29 is 9.53 Å². The van der Waals surface area contributed by atoms with Crippen LogP contribution < -0.4 is 11.1 Å². The van der Waals surface area contributed by atoms with Crippen LogP contribution >= 0.6 is 36.2 Å². The highest BCUT2D eigenvalue weighted by Crippen LogP contribution is 2.49. The molecule has 8 heteroatoms. The van der Waals surface area contributed by atoms with Crippen molar-refractivity contribution in [1.29, 1.82) is 0 Å². The molecule has 2 aromatic rings. The van der Waals surface area contributed by atoms with Gasteiger partial charge in [-0.3, -0.25) is 4.79 Å². The summed E-state index contributed by atoms with van der Waals surface area (Å²) in [6.45, 7) is 8.62. The molecular formula is C19H29Cl2N3O2S. The summed E-state index contributed by atoms with van der Waals surface area (Å²) in [4.78, 5) is 17.4. The molecule has 5 nitrogen and oxygen atoms in total. The largest absolute Gasteiger partial charge is 0.378 e. The zero-order valence-electron chi connectivity index (χ0n) is 16.2. The molecule has 1 fully saturated rings. The summed E-state index contributed by atoms with van der Waals surface area (Å²) in [5, 5.41) is 4.11. The number of amides is 1. The van der Waals surface area contributed by atoms with Gasteiger partial charge < -0.3 is 15.8 Å². The van der Waals surface area contributed by atoms with Gasteiger partial charge in [-0.15, -0.1) is 36.2 Å². The Morgan fingerprint density at radius 3 is 2.67 bits per heavy atom. The zero-order valence-corrected chi connectivity index (χ0v) is 18.6. The second kappa shape index (κ2) is 9.05. The van der Waals surface area contributed by atoms with Crippen LogP contribution in [0.4, 0.5) is 0 Å². The van der Waals surface area contributed by atoms with Gasteiger partial charge in [-0.05, 0) is 26.0 Å². The summed E-state index contributed by atoms with van der Waals surface area (Å²) in [5.74, 6) is -0.0953. The number of thiazole rings is 1. The van der Waals surface area contributed by atoms with E-state index in [1.165, 1.54) is 4.70 Å². The molecule has 3 atom stereocenters. The van der Waals surface area contributed by atoms with E-state index in [1.807, 2.05) is 45.9 Å². The number of nitrogens with one attached hydrogen (secondary N) is 1. The molecule has 1 aliphatic rings. The molecule has 3 rings (SSSR count). The highest BCUT2D eigenvalue weighted by atomic mass is 35.5. The molecule has 3 N–H and O–H groups in total. The summed E-state index contributed by atoms with van der Waals surface area (Å²) in [6, 6.07) is 8.07. The topological polar surface area (TPSA) is 77.2 Å². The van der Waals surface area contributed by atoms with Crippen molar-refractivity contribution in [2.24, 2.45) is 11.1 Å². The summed E-state index contributed by atoms with van der Waals surface area (Å²) in [6.07, 6.45) is 1.30. The number of nitrogens with zero attached hydrogens (tertiary/aromatic N) is 1. The van der Waals surface area contributed by atoms with Crippen molar-refractivity contribution in [2.75, 3.05) is 6.61 Å². The van der Waals surface area contributed by atoms with Crippen LogP contribution in [-0.2, 0) is 16.0 Å². The highest BCUT2D eigenvalue weighted by Gasteiger charge is 2.62. The number of carbonyl (C=O) groups excluding carboxylic acids is 1. The van der Waals surface area contributed by atoms with Crippen molar-refractivity contribution >= 4 is 52.3 Å². The monoisotopic (exact) mass is 433 g/mol. The lowest BCUT2D eigenvalue weighted by atomic mass is 9.54. The predicted octanol–water partition coefficient (Wildman–Crippen LogP) is 3.72. The lowest BCUT2D eigenvalue weighted by molar-refractivity contribution is -0.171. The van der Waals surface area contributed by atoms with Crippen LogP contribution in [0.5, 0.6) is 0 Å². The minimum atomic E-state index is -0.880. The summed E-state index contributed by atoms with van der Waals surface area (Å²) in [5.41, 5.74) is 6.20. The Morgan fingerprint density at radius 2 is 2.07 bits per heavy atom. The van der Waals surface area contributed by atoms with Crippen molar-refractivity contribution in [3.63, 3.8) is 0 Å². The van der Waals surface area contributed by atoms with Crippen LogP contribution in [-0.4, -0.2) is 35.2 Å². The molecule has 27 heavy (non-hydrogen) atoms. The van der Waals surface area contributed by atoms with Gasteiger partial charge in [-0.1, -0.05) is 26.0 Å². The number of ether oxygens (including phenoxy) is 1. The first-order chi connectivity index (χ1) is 11.8. The van der Waals surface area contributed by atoms with E-state index in [1.54, 1.807) is 11.3 Å². The van der Waals surface area contributed by atoms with Gasteiger partial charge in [-0.25, -0.2) is 4.98 Å². The number of fused-ring (bicyclic) bond motifs is 1. The molecule has 1 heterocycles. The van der Waals surface area contributed by atoms with Gasteiger partial charge in [0.2, 0.25) is 5.91 Å². The van der Waals surface area contributed by atoms with Gasteiger partial charge in [0.25, 0.3) is 0 Å². The fourth-order valence-corrected chi connectivity index (χ4v) is 4.59. The van der Waals surface area contributed by atoms with Crippen molar-refractivity contribution in [3.05, 3.63) is 29.3 Å². The SMILES string of the molecule is CCOC1CC(N)(C(=O)NC(C)Cc2nc3ccccc3s2)C1(C)C.Cl.Cl. The fraction of sp³-hybridized carbons (Fsp3) is 0.579. The predicted molar refractivity (Wildman–Crippen MR) is 116 cm³/mol. The zero-order chi connectivity index (χ0) is 18.2. The van der Waals surface area contributed by atoms with E-state index < -0.39 is 5.54 Å². The molecular weight excluding hydrogens is 405 g/mol. The lowest BCUT2D eigenvalue weighted by Gasteiger charge is -2.57. The first-order valence-electron chi connectivity index (χ1n) is 8.84. The number of halogens is 2. The molecule has 1 aromatic heterocycles. The maximum Gasteiger partial charge on any atom is 0.241 e. The maximum atomic E-state index is 12.8. The average molecular weight is 434 g/mol. The number of carbonyl (C=O) groups is 1. The van der Waals surface area contributed by atoms with Gasteiger partial charge in [-0.2, -0.15) is 0 Å². The average Bonchev–Trinajstić information content (AvgIpc) is 2.96. The van der Waals surface area contributed by atoms with Gasteiger partial charge >= 0.3 is 0 Å². The Bertz CT molecular complexity index is 750. The summed E-state index contributed by atoms with van der Waals surface area (Å²) < 4.78 is 6.88. The van der Waals surface area contributed by atoms with Crippen LogP contribution in [0, 0.1) is 5.41 Å². The smallest absolute Gasteiger partial charge is 0.241 e. The molecule has 0 spiro atoms. The number of hydrogen-bond acceptors (Lipinski definition) is 5.